The number of fused-ring (bicyclic) bond motifs is 1. The highest BCUT2D eigenvalue weighted by atomic mass is 35.5. The molecule has 29 heavy (non-hydrogen) atoms. The van der Waals surface area contributed by atoms with Gasteiger partial charge in [0, 0.05) is 19.4 Å². The van der Waals surface area contributed by atoms with Gasteiger partial charge in [0.05, 0.1) is 34.9 Å². The maximum Gasteiger partial charge on any atom is 0.234 e. The number of ether oxygens (including phenoxy) is 1. The van der Waals surface area contributed by atoms with Crippen LogP contribution in [0.4, 0.5) is 5.82 Å². The third-order valence-corrected chi connectivity index (χ3v) is 6.72. The third-order valence-electron chi connectivity index (χ3n) is 5.62. The number of halogens is 3. The van der Waals surface area contributed by atoms with Crippen LogP contribution in [-0.2, 0) is 9.53 Å². The Hall–Kier alpha value is -1.60. The SMILES string of the molecule is COC[C@@H]1CCCN1C(=O)C1C(C)=Nc2c(Cl)cnn2C1c1cccc(Cl)c1Cl. The molecule has 3 heterocycles. The second-order valence-corrected chi connectivity index (χ2v) is 8.55. The number of aromatic nitrogens is 2. The van der Waals surface area contributed by atoms with Gasteiger partial charge >= 0.3 is 0 Å². The third kappa shape index (κ3) is 3.56. The summed E-state index contributed by atoms with van der Waals surface area (Å²) in [6.45, 7) is 3.05. The van der Waals surface area contributed by atoms with E-state index >= 15 is 0 Å². The second-order valence-electron chi connectivity index (χ2n) is 7.36. The number of nitrogens with zero attached hydrogens (tertiary/aromatic N) is 4. The number of likely N-dealkylation sites (tertiary alicyclic amines) is 1. The monoisotopic (exact) mass is 454 g/mol. The Balaban J connectivity index is 1.83. The van der Waals surface area contributed by atoms with Gasteiger partial charge in [-0.05, 0) is 31.4 Å². The van der Waals surface area contributed by atoms with E-state index in [-0.39, 0.29) is 11.9 Å². The molecule has 1 saturated heterocycles. The number of rotatable bonds is 4. The normalized spacial score (nSPS) is 23.8. The number of benzene rings is 1. The molecule has 0 aliphatic carbocycles. The Labute approximate surface area is 184 Å². The quantitative estimate of drug-likeness (QED) is 0.666. The van der Waals surface area contributed by atoms with Gasteiger partial charge in [-0.15, -0.1) is 0 Å². The summed E-state index contributed by atoms with van der Waals surface area (Å²) in [5.74, 6) is -0.0554. The lowest BCUT2D eigenvalue weighted by Gasteiger charge is -2.36. The minimum atomic E-state index is -0.563. The molecule has 0 spiro atoms. The molecule has 0 N–H and O–H groups in total. The van der Waals surface area contributed by atoms with Gasteiger partial charge in [-0.1, -0.05) is 46.9 Å². The summed E-state index contributed by atoms with van der Waals surface area (Å²) in [6, 6.07) is 4.98. The van der Waals surface area contributed by atoms with Crippen LogP contribution in [0.3, 0.4) is 0 Å². The fraction of sp³-hybridized carbons (Fsp3) is 0.450. The van der Waals surface area contributed by atoms with Gasteiger partial charge in [-0.2, -0.15) is 5.10 Å². The molecule has 2 aliphatic rings. The zero-order chi connectivity index (χ0) is 20.7. The van der Waals surface area contributed by atoms with Crippen molar-refractivity contribution in [3.05, 3.63) is 45.0 Å². The zero-order valence-electron chi connectivity index (χ0n) is 16.1. The Morgan fingerprint density at radius 1 is 1.28 bits per heavy atom. The van der Waals surface area contributed by atoms with Crippen molar-refractivity contribution >= 4 is 52.2 Å². The minimum absolute atomic E-state index is 0.0101. The predicted octanol–water partition coefficient (Wildman–Crippen LogP) is 4.79. The molecule has 1 aromatic heterocycles. The highest BCUT2D eigenvalue weighted by molar-refractivity contribution is 6.42. The molecule has 2 unspecified atom stereocenters. The van der Waals surface area contributed by atoms with E-state index in [1.54, 1.807) is 17.9 Å². The lowest BCUT2D eigenvalue weighted by Crippen LogP contribution is -2.47. The van der Waals surface area contributed by atoms with Crippen molar-refractivity contribution in [1.29, 1.82) is 0 Å². The van der Waals surface area contributed by atoms with E-state index in [1.165, 1.54) is 6.20 Å². The van der Waals surface area contributed by atoms with Crippen LogP contribution in [0.5, 0.6) is 0 Å². The summed E-state index contributed by atoms with van der Waals surface area (Å²) in [6.07, 6.45) is 3.41. The molecular weight excluding hydrogens is 435 g/mol. The number of hydrogen-bond donors (Lipinski definition) is 0. The predicted molar refractivity (Wildman–Crippen MR) is 115 cm³/mol. The molecule has 1 aromatic carbocycles. The van der Waals surface area contributed by atoms with Crippen molar-refractivity contribution in [1.82, 2.24) is 14.7 Å². The van der Waals surface area contributed by atoms with Gasteiger partial charge in [0.25, 0.3) is 0 Å². The van der Waals surface area contributed by atoms with E-state index in [0.717, 1.165) is 18.4 Å². The molecule has 0 bridgehead atoms. The van der Waals surface area contributed by atoms with Gasteiger partial charge in [0.15, 0.2) is 5.82 Å². The van der Waals surface area contributed by atoms with E-state index in [2.05, 4.69) is 10.1 Å². The maximum absolute atomic E-state index is 13.7. The molecule has 2 aliphatic heterocycles. The van der Waals surface area contributed by atoms with Crippen molar-refractivity contribution in [2.75, 3.05) is 20.3 Å². The number of hydrogen-bond acceptors (Lipinski definition) is 4. The van der Waals surface area contributed by atoms with Gasteiger partial charge < -0.3 is 9.64 Å². The van der Waals surface area contributed by atoms with Crippen LogP contribution >= 0.6 is 34.8 Å². The number of amides is 1. The number of carbonyl (C=O) groups is 1. The zero-order valence-corrected chi connectivity index (χ0v) is 18.4. The molecule has 1 fully saturated rings. The van der Waals surface area contributed by atoms with Crippen LogP contribution < -0.4 is 0 Å². The summed E-state index contributed by atoms with van der Waals surface area (Å²) in [5.41, 5.74) is 1.39. The second kappa shape index (κ2) is 8.26. The largest absolute Gasteiger partial charge is 0.383 e. The highest BCUT2D eigenvalue weighted by Crippen LogP contribution is 2.44. The first kappa shape index (κ1) is 20.7. The van der Waals surface area contributed by atoms with Gasteiger partial charge in [-0.3, -0.25) is 4.79 Å². The topological polar surface area (TPSA) is 59.7 Å². The lowest BCUT2D eigenvalue weighted by molar-refractivity contribution is -0.136. The average molecular weight is 456 g/mol. The van der Waals surface area contributed by atoms with E-state index in [9.17, 15) is 4.79 Å². The smallest absolute Gasteiger partial charge is 0.234 e. The summed E-state index contributed by atoms with van der Waals surface area (Å²) in [4.78, 5) is 20.2. The molecule has 154 valence electrons. The standard InChI is InChI=1S/C20H21Cl3N4O2/c1-11-16(20(28)26-8-4-5-12(26)10-29-2)18(13-6-3-7-14(21)17(13)23)27-19(25-11)15(22)9-24-27/h3,6-7,9,12,16,18H,4-5,8,10H2,1-2H3/t12-,16?,18?/m0/s1. The Morgan fingerprint density at radius 2 is 2.07 bits per heavy atom. The van der Waals surface area contributed by atoms with Crippen LogP contribution in [0, 0.1) is 5.92 Å². The molecule has 4 rings (SSSR count). The summed E-state index contributed by atoms with van der Waals surface area (Å²) < 4.78 is 7.01. The highest BCUT2D eigenvalue weighted by Gasteiger charge is 2.44. The lowest BCUT2D eigenvalue weighted by atomic mass is 9.86. The van der Waals surface area contributed by atoms with Crippen molar-refractivity contribution in [3.8, 4) is 0 Å². The Morgan fingerprint density at radius 3 is 2.83 bits per heavy atom. The first-order chi connectivity index (χ1) is 13.9. The van der Waals surface area contributed by atoms with Crippen LogP contribution in [-0.4, -0.2) is 52.6 Å². The number of aliphatic imine (C=N–C) groups is 1. The minimum Gasteiger partial charge on any atom is -0.383 e. The van der Waals surface area contributed by atoms with Crippen LogP contribution in [0.25, 0.3) is 0 Å². The molecule has 9 heteroatoms. The molecule has 1 amide bonds. The maximum atomic E-state index is 13.7. The van der Waals surface area contributed by atoms with Crippen molar-refractivity contribution < 1.29 is 9.53 Å². The van der Waals surface area contributed by atoms with Crippen molar-refractivity contribution in [2.24, 2.45) is 10.9 Å². The molecule has 0 saturated carbocycles. The van der Waals surface area contributed by atoms with Crippen LogP contribution in [0.2, 0.25) is 15.1 Å². The first-order valence-electron chi connectivity index (χ1n) is 9.45. The van der Waals surface area contributed by atoms with Gasteiger partial charge in [0.1, 0.15) is 10.9 Å². The molecule has 0 radical (unpaired) electrons. The van der Waals surface area contributed by atoms with Crippen molar-refractivity contribution in [3.63, 3.8) is 0 Å². The molecular formula is C20H21Cl3N4O2. The average Bonchev–Trinajstić information content (AvgIpc) is 3.30. The summed E-state index contributed by atoms with van der Waals surface area (Å²) >= 11 is 19.2. The fourth-order valence-corrected chi connectivity index (χ4v) is 4.89. The van der Waals surface area contributed by atoms with E-state index < -0.39 is 12.0 Å². The fourth-order valence-electron chi connectivity index (χ4n) is 4.29. The molecule has 3 atom stereocenters. The van der Waals surface area contributed by atoms with E-state index in [4.69, 9.17) is 39.5 Å². The summed E-state index contributed by atoms with van der Waals surface area (Å²) in [5, 5.41) is 5.67. The number of methoxy groups -OCH3 is 1. The van der Waals surface area contributed by atoms with Gasteiger partial charge in [0.2, 0.25) is 5.91 Å². The van der Waals surface area contributed by atoms with Crippen LogP contribution in [0.15, 0.2) is 29.4 Å². The van der Waals surface area contributed by atoms with E-state index in [1.807, 2.05) is 24.0 Å². The van der Waals surface area contributed by atoms with E-state index in [0.29, 0.717) is 39.7 Å². The number of carbonyl (C=O) groups excluding carboxylic acids is 1. The molecule has 2 aromatic rings. The van der Waals surface area contributed by atoms with Crippen LogP contribution in [0.1, 0.15) is 31.4 Å². The van der Waals surface area contributed by atoms with Crippen molar-refractivity contribution in [2.45, 2.75) is 31.8 Å². The summed E-state index contributed by atoms with van der Waals surface area (Å²) in [7, 11) is 1.65. The van der Waals surface area contributed by atoms with Gasteiger partial charge in [-0.25, -0.2) is 9.67 Å². The molecule has 6 nitrogen and oxygen atoms in total. The Kier molecular flexibility index (Phi) is 5.89. The first-order valence-corrected chi connectivity index (χ1v) is 10.6. The Bertz CT molecular complexity index is 975.